The van der Waals surface area contributed by atoms with Crippen molar-refractivity contribution in [2.45, 2.75) is 51.5 Å². The lowest BCUT2D eigenvalue weighted by molar-refractivity contribution is 0.0597. The molecule has 1 fully saturated rings. The van der Waals surface area contributed by atoms with Crippen LogP contribution in [0.15, 0.2) is 24.3 Å². The number of benzene rings is 1. The van der Waals surface area contributed by atoms with Crippen LogP contribution in [0, 0.1) is 0 Å². The summed E-state index contributed by atoms with van der Waals surface area (Å²) in [5.74, 6) is 0.869. The van der Waals surface area contributed by atoms with Crippen LogP contribution in [0.4, 0.5) is 0 Å². The maximum Gasteiger partial charge on any atom is 0.124 e. The minimum absolute atomic E-state index is 0.183. The van der Waals surface area contributed by atoms with E-state index in [0.717, 1.165) is 17.9 Å². The maximum absolute atomic E-state index is 9.46. The molecule has 1 aliphatic carbocycles. The number of rotatable bonds is 6. The number of ether oxygens (including phenoxy) is 1. The van der Waals surface area contributed by atoms with Crippen molar-refractivity contribution in [3.63, 3.8) is 0 Å². The molecule has 0 aromatic heterocycles. The number of para-hydroxylation sites is 1. The highest BCUT2D eigenvalue weighted by Crippen LogP contribution is 2.23. The van der Waals surface area contributed by atoms with Crippen LogP contribution >= 0.6 is 0 Å². The maximum atomic E-state index is 9.46. The summed E-state index contributed by atoms with van der Waals surface area (Å²) in [6.45, 7) is 4.47. The van der Waals surface area contributed by atoms with Gasteiger partial charge in [0.25, 0.3) is 0 Å². The molecule has 0 saturated heterocycles. The van der Waals surface area contributed by atoms with Gasteiger partial charge in [0.05, 0.1) is 6.10 Å². The Kier molecular flexibility index (Phi) is 4.02. The molecule has 0 aliphatic heterocycles. The Morgan fingerprint density at radius 1 is 1.35 bits per heavy atom. The summed E-state index contributed by atoms with van der Waals surface area (Å²) in [5, 5.41) is 12.9. The molecule has 17 heavy (non-hydrogen) atoms. The molecule has 3 nitrogen and oxygen atoms in total. The molecule has 2 atom stereocenters. The third-order valence-corrected chi connectivity index (χ3v) is 3.12. The topological polar surface area (TPSA) is 41.5 Å². The molecule has 0 bridgehead atoms. The number of aliphatic hydroxyl groups excluding tert-OH is 1. The van der Waals surface area contributed by atoms with Gasteiger partial charge in [-0.3, -0.25) is 0 Å². The minimum atomic E-state index is -0.459. The van der Waals surface area contributed by atoms with Gasteiger partial charge in [0.15, 0.2) is 0 Å². The first-order valence-electron chi connectivity index (χ1n) is 6.33. The molecule has 0 radical (unpaired) electrons. The second-order valence-electron chi connectivity index (χ2n) is 4.83. The average molecular weight is 235 g/mol. The molecule has 3 heteroatoms. The van der Waals surface area contributed by atoms with E-state index in [2.05, 4.69) is 11.4 Å². The van der Waals surface area contributed by atoms with Crippen LogP contribution < -0.4 is 10.1 Å². The largest absolute Gasteiger partial charge is 0.488 e. The normalized spacial score (nSPS) is 18.8. The SMILES string of the molecule is CC(O)C(C)Oc1ccccc1CNC1CC1. The fourth-order valence-electron chi connectivity index (χ4n) is 1.61. The predicted molar refractivity (Wildman–Crippen MR) is 68.1 cm³/mol. The highest BCUT2D eigenvalue weighted by molar-refractivity contribution is 5.33. The van der Waals surface area contributed by atoms with E-state index in [9.17, 15) is 5.11 Å². The summed E-state index contributed by atoms with van der Waals surface area (Å²) in [4.78, 5) is 0. The standard InChI is InChI=1S/C14H21NO2/c1-10(16)11(2)17-14-6-4-3-5-12(14)9-15-13-7-8-13/h3-6,10-11,13,15-16H,7-9H2,1-2H3. The molecule has 0 heterocycles. The fourth-order valence-corrected chi connectivity index (χ4v) is 1.61. The van der Waals surface area contributed by atoms with E-state index in [1.54, 1.807) is 6.92 Å². The second-order valence-corrected chi connectivity index (χ2v) is 4.83. The van der Waals surface area contributed by atoms with E-state index in [1.165, 1.54) is 12.8 Å². The van der Waals surface area contributed by atoms with E-state index in [-0.39, 0.29) is 6.10 Å². The Morgan fingerprint density at radius 2 is 2.06 bits per heavy atom. The molecule has 1 saturated carbocycles. The fraction of sp³-hybridized carbons (Fsp3) is 0.571. The molecule has 2 unspecified atom stereocenters. The van der Waals surface area contributed by atoms with Crippen LogP contribution in [0.2, 0.25) is 0 Å². The Balaban J connectivity index is 1.98. The molecule has 2 rings (SSSR count). The van der Waals surface area contributed by atoms with E-state index in [0.29, 0.717) is 6.04 Å². The van der Waals surface area contributed by atoms with Gasteiger partial charge in [0, 0.05) is 18.2 Å². The molecule has 1 aliphatic rings. The lowest BCUT2D eigenvalue weighted by Gasteiger charge is -2.19. The lowest BCUT2D eigenvalue weighted by atomic mass is 10.2. The average Bonchev–Trinajstić information content (AvgIpc) is 3.11. The number of hydrogen-bond donors (Lipinski definition) is 2. The van der Waals surface area contributed by atoms with Crippen molar-refractivity contribution in [2.75, 3.05) is 0 Å². The lowest BCUT2D eigenvalue weighted by Crippen LogP contribution is -2.26. The molecule has 0 amide bonds. The summed E-state index contributed by atoms with van der Waals surface area (Å²) in [6.07, 6.45) is 1.93. The smallest absolute Gasteiger partial charge is 0.124 e. The van der Waals surface area contributed by atoms with Crippen molar-refractivity contribution in [3.05, 3.63) is 29.8 Å². The summed E-state index contributed by atoms with van der Waals surface area (Å²) in [5.41, 5.74) is 1.16. The van der Waals surface area contributed by atoms with Gasteiger partial charge in [-0.15, -0.1) is 0 Å². The van der Waals surface area contributed by atoms with Crippen molar-refractivity contribution in [1.82, 2.24) is 5.32 Å². The summed E-state index contributed by atoms with van der Waals surface area (Å²) in [6, 6.07) is 8.70. The van der Waals surface area contributed by atoms with Crippen molar-refractivity contribution < 1.29 is 9.84 Å². The summed E-state index contributed by atoms with van der Waals surface area (Å²) < 4.78 is 5.77. The number of aliphatic hydroxyl groups is 1. The van der Waals surface area contributed by atoms with Crippen LogP contribution in [0.25, 0.3) is 0 Å². The van der Waals surface area contributed by atoms with Crippen molar-refractivity contribution in [1.29, 1.82) is 0 Å². The van der Waals surface area contributed by atoms with Crippen molar-refractivity contribution >= 4 is 0 Å². The van der Waals surface area contributed by atoms with E-state index < -0.39 is 6.10 Å². The van der Waals surface area contributed by atoms with Gasteiger partial charge in [0.1, 0.15) is 11.9 Å². The zero-order valence-electron chi connectivity index (χ0n) is 10.5. The van der Waals surface area contributed by atoms with Crippen LogP contribution in [0.5, 0.6) is 5.75 Å². The monoisotopic (exact) mass is 235 g/mol. The summed E-state index contributed by atoms with van der Waals surface area (Å²) >= 11 is 0. The van der Waals surface area contributed by atoms with Gasteiger partial charge in [-0.2, -0.15) is 0 Å². The third-order valence-electron chi connectivity index (χ3n) is 3.12. The molecular formula is C14H21NO2. The van der Waals surface area contributed by atoms with E-state index in [1.807, 2.05) is 25.1 Å². The van der Waals surface area contributed by atoms with E-state index in [4.69, 9.17) is 4.74 Å². The molecule has 2 N–H and O–H groups in total. The minimum Gasteiger partial charge on any atom is -0.488 e. The van der Waals surface area contributed by atoms with Gasteiger partial charge in [-0.1, -0.05) is 18.2 Å². The Bertz CT molecular complexity index is 361. The Labute approximate surface area is 103 Å². The Morgan fingerprint density at radius 3 is 2.71 bits per heavy atom. The Hall–Kier alpha value is -1.06. The number of hydrogen-bond acceptors (Lipinski definition) is 3. The van der Waals surface area contributed by atoms with Gasteiger partial charge < -0.3 is 15.2 Å². The molecule has 0 spiro atoms. The van der Waals surface area contributed by atoms with Crippen molar-refractivity contribution in [2.24, 2.45) is 0 Å². The highest BCUT2D eigenvalue weighted by atomic mass is 16.5. The van der Waals surface area contributed by atoms with Crippen molar-refractivity contribution in [3.8, 4) is 5.75 Å². The van der Waals surface area contributed by atoms with Gasteiger partial charge in [0.2, 0.25) is 0 Å². The summed E-state index contributed by atoms with van der Waals surface area (Å²) in [7, 11) is 0. The predicted octanol–water partition coefficient (Wildman–Crippen LogP) is 2.09. The van der Waals surface area contributed by atoms with Gasteiger partial charge in [-0.25, -0.2) is 0 Å². The first kappa shape index (κ1) is 12.4. The van der Waals surface area contributed by atoms with E-state index >= 15 is 0 Å². The van der Waals surface area contributed by atoms with Crippen LogP contribution in [0.3, 0.4) is 0 Å². The van der Waals surface area contributed by atoms with Crippen LogP contribution in [0.1, 0.15) is 32.3 Å². The van der Waals surface area contributed by atoms with Gasteiger partial charge >= 0.3 is 0 Å². The zero-order chi connectivity index (χ0) is 12.3. The molecule has 94 valence electrons. The molecule has 1 aromatic carbocycles. The molecular weight excluding hydrogens is 214 g/mol. The quantitative estimate of drug-likeness (QED) is 0.793. The first-order chi connectivity index (χ1) is 8.16. The third kappa shape index (κ3) is 3.72. The second kappa shape index (κ2) is 5.52. The highest BCUT2D eigenvalue weighted by Gasteiger charge is 2.21. The number of nitrogens with one attached hydrogen (secondary N) is 1. The zero-order valence-corrected chi connectivity index (χ0v) is 10.5. The first-order valence-corrected chi connectivity index (χ1v) is 6.33. The molecule has 1 aromatic rings. The van der Waals surface area contributed by atoms with Crippen LogP contribution in [-0.2, 0) is 6.54 Å². The van der Waals surface area contributed by atoms with Gasteiger partial charge in [-0.05, 0) is 32.8 Å². The van der Waals surface area contributed by atoms with Crippen LogP contribution in [-0.4, -0.2) is 23.4 Å².